The maximum Gasteiger partial charge on any atom is 0.417 e. The number of benzene rings is 2. The highest BCUT2D eigenvalue weighted by Gasteiger charge is 2.35. The van der Waals surface area contributed by atoms with Crippen molar-refractivity contribution < 1.29 is 30.7 Å². The van der Waals surface area contributed by atoms with Crippen molar-refractivity contribution >= 4 is 0 Å². The zero-order valence-corrected chi connectivity index (χ0v) is 13.4. The van der Waals surface area contributed by atoms with Crippen molar-refractivity contribution in [3.63, 3.8) is 0 Å². The Morgan fingerprint density at radius 1 is 0.667 bits per heavy atom. The highest BCUT2D eigenvalue weighted by atomic mass is 19.4. The van der Waals surface area contributed by atoms with Gasteiger partial charge in [0.1, 0.15) is 11.5 Å². The van der Waals surface area contributed by atoms with E-state index in [1.165, 1.54) is 18.2 Å². The highest BCUT2D eigenvalue weighted by Crippen LogP contribution is 2.39. The molecule has 3 rings (SSSR count). The molecular weight excluding hydrogens is 375 g/mol. The van der Waals surface area contributed by atoms with Gasteiger partial charge in [-0.2, -0.15) is 26.3 Å². The van der Waals surface area contributed by atoms with Crippen molar-refractivity contribution in [2.75, 3.05) is 0 Å². The molecule has 1 heterocycles. The molecule has 140 valence electrons. The van der Waals surface area contributed by atoms with Gasteiger partial charge in [0, 0.05) is 17.3 Å². The van der Waals surface area contributed by atoms with Crippen LogP contribution in [0, 0.1) is 5.82 Å². The standard InChI is InChI=1S/C19H10F7N/c20-16-9-11(12-5-1-3-7-14(12)18(21,22)23)10-27-17(16)13-6-2-4-8-15(13)19(24,25)26/h1-10H. The lowest BCUT2D eigenvalue weighted by Crippen LogP contribution is -2.09. The predicted octanol–water partition coefficient (Wildman–Crippen LogP) is 6.59. The molecule has 0 amide bonds. The van der Waals surface area contributed by atoms with E-state index >= 15 is 0 Å². The molecule has 0 fully saturated rings. The molecule has 0 spiro atoms. The first kappa shape index (κ1) is 18.9. The van der Waals surface area contributed by atoms with Crippen molar-refractivity contribution in [2.24, 2.45) is 0 Å². The Morgan fingerprint density at radius 3 is 1.67 bits per heavy atom. The van der Waals surface area contributed by atoms with Gasteiger partial charge in [-0.05, 0) is 23.8 Å². The smallest absolute Gasteiger partial charge is 0.253 e. The van der Waals surface area contributed by atoms with Crippen molar-refractivity contribution in [1.29, 1.82) is 0 Å². The van der Waals surface area contributed by atoms with Gasteiger partial charge in [0.2, 0.25) is 0 Å². The van der Waals surface area contributed by atoms with Gasteiger partial charge in [-0.1, -0.05) is 36.4 Å². The Morgan fingerprint density at radius 2 is 1.15 bits per heavy atom. The first-order chi connectivity index (χ1) is 12.6. The quantitative estimate of drug-likeness (QED) is 0.454. The lowest BCUT2D eigenvalue weighted by atomic mass is 9.98. The first-order valence-corrected chi connectivity index (χ1v) is 7.58. The topological polar surface area (TPSA) is 12.9 Å². The molecule has 0 N–H and O–H groups in total. The second-order valence-corrected chi connectivity index (χ2v) is 5.64. The maximum absolute atomic E-state index is 14.5. The third kappa shape index (κ3) is 3.79. The average Bonchev–Trinajstić information content (AvgIpc) is 2.60. The monoisotopic (exact) mass is 385 g/mol. The van der Waals surface area contributed by atoms with Gasteiger partial charge in [0.15, 0.2) is 0 Å². The summed E-state index contributed by atoms with van der Waals surface area (Å²) < 4.78 is 93.2. The number of hydrogen-bond acceptors (Lipinski definition) is 1. The number of aromatic nitrogens is 1. The number of rotatable bonds is 2. The van der Waals surface area contributed by atoms with Crippen LogP contribution >= 0.6 is 0 Å². The van der Waals surface area contributed by atoms with E-state index in [1.54, 1.807) is 0 Å². The maximum atomic E-state index is 14.5. The molecule has 0 bridgehead atoms. The Bertz CT molecular complexity index is 974. The van der Waals surface area contributed by atoms with Crippen LogP contribution in [0.1, 0.15) is 11.1 Å². The summed E-state index contributed by atoms with van der Waals surface area (Å²) in [5.41, 5.74) is -3.65. The third-order valence-corrected chi connectivity index (χ3v) is 3.87. The third-order valence-electron chi connectivity index (χ3n) is 3.87. The zero-order valence-electron chi connectivity index (χ0n) is 13.4. The van der Waals surface area contributed by atoms with Crippen molar-refractivity contribution in [3.05, 3.63) is 77.7 Å². The second-order valence-electron chi connectivity index (χ2n) is 5.64. The molecule has 2 aromatic carbocycles. The lowest BCUT2D eigenvalue weighted by molar-refractivity contribution is -0.137. The predicted molar refractivity (Wildman–Crippen MR) is 85.1 cm³/mol. The molecule has 0 saturated heterocycles. The fourth-order valence-corrected chi connectivity index (χ4v) is 2.70. The van der Waals surface area contributed by atoms with E-state index in [4.69, 9.17) is 0 Å². The Labute approximate surface area is 149 Å². The molecular formula is C19H10F7N. The van der Waals surface area contributed by atoms with Gasteiger partial charge in [-0.25, -0.2) is 4.39 Å². The largest absolute Gasteiger partial charge is 0.417 e. The SMILES string of the molecule is Fc1cc(-c2ccccc2C(F)(F)F)cnc1-c1ccccc1C(F)(F)F. The van der Waals surface area contributed by atoms with Crippen molar-refractivity contribution in [3.8, 4) is 22.4 Å². The van der Waals surface area contributed by atoms with E-state index in [0.29, 0.717) is 0 Å². The molecule has 0 aliphatic rings. The molecule has 0 saturated carbocycles. The molecule has 3 aromatic rings. The minimum absolute atomic E-state index is 0.186. The highest BCUT2D eigenvalue weighted by molar-refractivity contribution is 5.71. The van der Waals surface area contributed by atoms with Gasteiger partial charge in [0.05, 0.1) is 11.1 Å². The summed E-state index contributed by atoms with van der Waals surface area (Å²) in [4.78, 5) is 3.68. The second kappa shape index (κ2) is 6.68. The van der Waals surface area contributed by atoms with E-state index < -0.39 is 40.6 Å². The van der Waals surface area contributed by atoms with Gasteiger partial charge in [-0.15, -0.1) is 0 Å². The Hall–Kier alpha value is -2.90. The van der Waals surface area contributed by atoms with Crippen molar-refractivity contribution in [1.82, 2.24) is 4.98 Å². The van der Waals surface area contributed by atoms with Crippen LogP contribution in [0.15, 0.2) is 60.8 Å². The van der Waals surface area contributed by atoms with E-state index in [9.17, 15) is 30.7 Å². The average molecular weight is 385 g/mol. The van der Waals surface area contributed by atoms with E-state index in [2.05, 4.69) is 4.98 Å². The summed E-state index contributed by atoms with van der Waals surface area (Å²) in [5.74, 6) is -1.15. The number of halogens is 7. The summed E-state index contributed by atoms with van der Waals surface area (Å²) in [6.45, 7) is 0. The van der Waals surface area contributed by atoms with Crippen LogP contribution in [0.4, 0.5) is 30.7 Å². The van der Waals surface area contributed by atoms with Gasteiger partial charge in [0.25, 0.3) is 0 Å². The molecule has 8 heteroatoms. The molecule has 0 atom stereocenters. The number of pyridine rings is 1. The van der Waals surface area contributed by atoms with Crippen LogP contribution in [-0.4, -0.2) is 4.98 Å². The molecule has 27 heavy (non-hydrogen) atoms. The van der Waals surface area contributed by atoms with Gasteiger partial charge < -0.3 is 0 Å². The fraction of sp³-hybridized carbons (Fsp3) is 0.105. The van der Waals surface area contributed by atoms with Crippen LogP contribution < -0.4 is 0 Å². The molecule has 0 aliphatic heterocycles. The zero-order chi connectivity index (χ0) is 19.8. The Kier molecular flexibility index (Phi) is 4.67. The molecule has 1 nitrogen and oxygen atoms in total. The molecule has 0 unspecified atom stereocenters. The van der Waals surface area contributed by atoms with Crippen LogP contribution in [0.25, 0.3) is 22.4 Å². The minimum atomic E-state index is -4.73. The van der Waals surface area contributed by atoms with Crippen LogP contribution in [0.2, 0.25) is 0 Å². The fourth-order valence-electron chi connectivity index (χ4n) is 2.70. The summed E-state index contributed by atoms with van der Waals surface area (Å²) in [5, 5.41) is 0. The Balaban J connectivity index is 2.13. The molecule has 1 aromatic heterocycles. The summed E-state index contributed by atoms with van der Waals surface area (Å²) >= 11 is 0. The minimum Gasteiger partial charge on any atom is -0.253 e. The van der Waals surface area contributed by atoms with Gasteiger partial charge in [-0.3, -0.25) is 4.98 Å². The number of hydrogen-bond donors (Lipinski definition) is 0. The summed E-state index contributed by atoms with van der Waals surface area (Å²) in [7, 11) is 0. The summed E-state index contributed by atoms with van der Waals surface area (Å²) in [6.07, 6.45) is -8.48. The van der Waals surface area contributed by atoms with E-state index in [0.717, 1.165) is 42.6 Å². The van der Waals surface area contributed by atoms with Crippen molar-refractivity contribution in [2.45, 2.75) is 12.4 Å². The van der Waals surface area contributed by atoms with Crippen LogP contribution in [0.3, 0.4) is 0 Å². The van der Waals surface area contributed by atoms with E-state index in [1.807, 2.05) is 0 Å². The molecule has 0 aliphatic carbocycles. The van der Waals surface area contributed by atoms with Crippen LogP contribution in [-0.2, 0) is 12.4 Å². The summed E-state index contributed by atoms with van der Waals surface area (Å²) in [6, 6.07) is 9.53. The van der Waals surface area contributed by atoms with E-state index in [-0.39, 0.29) is 11.1 Å². The normalized spacial score (nSPS) is 12.3. The van der Waals surface area contributed by atoms with Crippen LogP contribution in [0.5, 0.6) is 0 Å². The number of alkyl halides is 6. The number of nitrogens with zero attached hydrogens (tertiary/aromatic N) is 1. The lowest BCUT2D eigenvalue weighted by Gasteiger charge is -2.15. The molecule has 0 radical (unpaired) electrons. The van der Waals surface area contributed by atoms with Gasteiger partial charge >= 0.3 is 12.4 Å². The first-order valence-electron chi connectivity index (χ1n) is 7.58.